The Morgan fingerprint density at radius 2 is 0.910 bits per heavy atom. The Balaban J connectivity index is 1.06. The zero-order chi connectivity index (χ0) is 45.0. The van der Waals surface area contributed by atoms with Gasteiger partial charge in [-0.25, -0.2) is 4.39 Å². The maximum atomic E-state index is 16.0. The standard InChI is InChI=1S/C59H34F4N4/c60-44-26-42-25-43(27-44)47-31-58(66-53-14-8-7-13-45(53)48-28-37(18-23-54(48)66)40-16-21-51(64-33-40)35-9-3-1-4-10-35)50(59(61,62)63)32-57(47)67-55-24-19-38(29-49(55)46-20-15-39(42)30-56(46)67)41-17-22-52(65-34-41)36-11-5-2-6-12-36/h1-34H. The van der Waals surface area contributed by atoms with Gasteiger partial charge >= 0.3 is 6.18 Å². The lowest BCUT2D eigenvalue weighted by atomic mass is 10.0. The zero-order valence-corrected chi connectivity index (χ0v) is 35.4. The van der Waals surface area contributed by atoms with Crippen molar-refractivity contribution in [1.82, 2.24) is 18.9 Å². The van der Waals surface area contributed by atoms with E-state index in [-0.39, 0.29) is 5.69 Å². The number of aromatic nitrogens is 4. The second-order valence-electron chi connectivity index (χ2n) is 17.1. The van der Waals surface area contributed by atoms with E-state index < -0.39 is 17.6 Å². The van der Waals surface area contributed by atoms with E-state index in [1.54, 1.807) is 10.6 Å². The average Bonchev–Trinajstić information content (AvgIpc) is 3.88. The summed E-state index contributed by atoms with van der Waals surface area (Å²) >= 11 is 0. The average molecular weight is 875 g/mol. The van der Waals surface area contributed by atoms with E-state index in [9.17, 15) is 0 Å². The van der Waals surface area contributed by atoms with E-state index in [1.807, 2.05) is 181 Å². The molecule has 318 valence electrons. The number of alkyl halides is 3. The van der Waals surface area contributed by atoms with Crippen molar-refractivity contribution < 1.29 is 17.6 Å². The lowest BCUT2D eigenvalue weighted by molar-refractivity contribution is -0.137. The molecule has 0 saturated heterocycles. The fourth-order valence-corrected chi connectivity index (χ4v) is 10.1. The molecule has 0 spiro atoms. The minimum atomic E-state index is -4.78. The minimum absolute atomic E-state index is 0.0581. The Morgan fingerprint density at radius 1 is 0.358 bits per heavy atom. The molecule has 0 saturated carbocycles. The van der Waals surface area contributed by atoms with Crippen LogP contribution in [0.15, 0.2) is 207 Å². The molecule has 0 aliphatic rings. The van der Waals surface area contributed by atoms with Gasteiger partial charge in [-0.05, 0) is 106 Å². The number of pyridine rings is 2. The summed E-state index contributed by atoms with van der Waals surface area (Å²) in [6.45, 7) is 0. The maximum absolute atomic E-state index is 16.0. The molecule has 13 aromatic rings. The lowest BCUT2D eigenvalue weighted by Gasteiger charge is -2.18. The van der Waals surface area contributed by atoms with Gasteiger partial charge in [-0.2, -0.15) is 13.2 Å². The number of para-hydroxylation sites is 1. The van der Waals surface area contributed by atoms with E-state index in [1.165, 1.54) is 18.2 Å². The van der Waals surface area contributed by atoms with Crippen molar-refractivity contribution in [2.75, 3.05) is 0 Å². The Morgan fingerprint density at radius 3 is 1.55 bits per heavy atom. The number of halogens is 4. The highest BCUT2D eigenvalue weighted by molar-refractivity contribution is 6.16. The molecule has 4 nitrogen and oxygen atoms in total. The highest BCUT2D eigenvalue weighted by Crippen LogP contribution is 2.44. The van der Waals surface area contributed by atoms with E-state index in [4.69, 9.17) is 9.97 Å². The van der Waals surface area contributed by atoms with Gasteiger partial charge < -0.3 is 8.97 Å². The molecule has 0 fully saturated rings. The van der Waals surface area contributed by atoms with E-state index >= 15 is 17.6 Å². The number of rotatable bonds is 5. The molecule has 67 heavy (non-hydrogen) atoms. The molecule has 0 radical (unpaired) electrons. The van der Waals surface area contributed by atoms with Gasteiger partial charge in [0.25, 0.3) is 0 Å². The summed E-state index contributed by atoms with van der Waals surface area (Å²) in [7, 11) is 0. The largest absolute Gasteiger partial charge is 0.418 e. The summed E-state index contributed by atoms with van der Waals surface area (Å²) in [5.74, 6) is -0.483. The van der Waals surface area contributed by atoms with Crippen molar-refractivity contribution in [1.29, 1.82) is 0 Å². The third-order valence-electron chi connectivity index (χ3n) is 13.2. The Kier molecular flexibility index (Phi) is 8.52. The van der Waals surface area contributed by atoms with Crippen LogP contribution in [0.5, 0.6) is 0 Å². The number of benzene rings is 8. The molecule has 0 N–H and O–H groups in total. The van der Waals surface area contributed by atoms with E-state index in [2.05, 4.69) is 6.07 Å². The Labute approximate surface area is 380 Å². The van der Waals surface area contributed by atoms with Crippen LogP contribution in [0.25, 0.3) is 121 Å². The second kappa shape index (κ2) is 14.7. The van der Waals surface area contributed by atoms with Gasteiger partial charge in [-0.1, -0.05) is 115 Å². The van der Waals surface area contributed by atoms with E-state index in [0.717, 1.165) is 77.2 Å². The van der Waals surface area contributed by atoms with Crippen LogP contribution in [0.2, 0.25) is 0 Å². The van der Waals surface area contributed by atoms with Crippen LogP contribution in [0.1, 0.15) is 5.56 Å². The van der Waals surface area contributed by atoms with Crippen LogP contribution in [-0.2, 0) is 6.18 Å². The fourth-order valence-electron chi connectivity index (χ4n) is 10.1. The van der Waals surface area contributed by atoms with Gasteiger partial charge in [0, 0.05) is 61.6 Å². The predicted molar refractivity (Wildman–Crippen MR) is 264 cm³/mol. The highest BCUT2D eigenvalue weighted by Gasteiger charge is 2.36. The summed E-state index contributed by atoms with van der Waals surface area (Å²) in [6, 6.07) is 60.8. The SMILES string of the molecule is Fc1cc2cc(c1)c1cc(-n3c4ccccc4c4cc(-c5ccc(-c6ccccc6)nc5)ccc43)c(C(F)(F)F)cc1n1c3ccc(-c4ccc(-c5ccccc5)nc4)cc3c3ccc2cc31. The van der Waals surface area contributed by atoms with Crippen LogP contribution in [0.3, 0.4) is 0 Å². The van der Waals surface area contributed by atoms with Crippen LogP contribution >= 0.6 is 0 Å². The van der Waals surface area contributed by atoms with Crippen molar-refractivity contribution in [2.45, 2.75) is 6.18 Å². The monoisotopic (exact) mass is 874 g/mol. The van der Waals surface area contributed by atoms with Crippen LogP contribution in [-0.4, -0.2) is 18.9 Å². The first-order valence-corrected chi connectivity index (χ1v) is 22.0. The third kappa shape index (κ3) is 6.28. The van der Waals surface area contributed by atoms with Crippen LogP contribution in [0.4, 0.5) is 17.6 Å². The first-order chi connectivity index (χ1) is 32.7. The van der Waals surface area contributed by atoms with Crippen molar-refractivity contribution in [3.8, 4) is 50.5 Å². The molecule has 0 aliphatic heterocycles. The number of hydrogen-bond acceptors (Lipinski definition) is 2. The molecular formula is C59H34F4N4. The molecule has 4 bridgehead atoms. The van der Waals surface area contributed by atoms with Gasteiger partial charge in [0.1, 0.15) is 5.82 Å². The molecule has 0 atom stereocenters. The number of fused-ring (bicyclic) bond motifs is 13. The smallest absolute Gasteiger partial charge is 0.309 e. The minimum Gasteiger partial charge on any atom is -0.309 e. The molecular weight excluding hydrogens is 841 g/mol. The second-order valence-corrected chi connectivity index (χ2v) is 17.1. The van der Waals surface area contributed by atoms with Crippen LogP contribution < -0.4 is 0 Å². The first kappa shape index (κ1) is 38.8. The predicted octanol–water partition coefficient (Wildman–Crippen LogP) is 16.3. The first-order valence-electron chi connectivity index (χ1n) is 22.0. The van der Waals surface area contributed by atoms with Crippen LogP contribution in [0, 0.1) is 5.82 Å². The molecule has 0 aliphatic carbocycles. The Bertz CT molecular complexity index is 4120. The highest BCUT2D eigenvalue weighted by atomic mass is 19.4. The quantitative estimate of drug-likeness (QED) is 0.162. The van der Waals surface area contributed by atoms with Gasteiger partial charge in [0.15, 0.2) is 0 Å². The third-order valence-corrected chi connectivity index (χ3v) is 13.2. The summed E-state index contributed by atoms with van der Waals surface area (Å²) in [5.41, 5.74) is 9.37. The summed E-state index contributed by atoms with van der Waals surface area (Å²) < 4.78 is 67.5. The topological polar surface area (TPSA) is 35.1 Å². The normalized spacial score (nSPS) is 12.2. The van der Waals surface area contributed by atoms with E-state index in [0.29, 0.717) is 38.2 Å². The maximum Gasteiger partial charge on any atom is 0.418 e. The van der Waals surface area contributed by atoms with Gasteiger partial charge in [-0.3, -0.25) is 9.97 Å². The molecule has 5 aromatic heterocycles. The number of hydrogen-bond donors (Lipinski definition) is 0. The van der Waals surface area contributed by atoms with Crippen molar-refractivity contribution >= 4 is 70.7 Å². The summed E-state index contributed by atoms with van der Waals surface area (Å²) in [6.07, 6.45) is -1.10. The molecule has 5 heterocycles. The summed E-state index contributed by atoms with van der Waals surface area (Å²) in [5, 5.41) is 5.63. The van der Waals surface area contributed by atoms with Gasteiger partial charge in [0.2, 0.25) is 0 Å². The molecule has 0 amide bonds. The molecule has 8 heteroatoms. The van der Waals surface area contributed by atoms with Gasteiger partial charge in [-0.15, -0.1) is 0 Å². The van der Waals surface area contributed by atoms with Crippen molar-refractivity contribution in [2.24, 2.45) is 0 Å². The van der Waals surface area contributed by atoms with Crippen molar-refractivity contribution in [3.63, 3.8) is 0 Å². The Hall–Kier alpha value is -8.62. The molecule has 8 aromatic carbocycles. The fraction of sp³-hybridized carbons (Fsp3) is 0.0169. The lowest BCUT2D eigenvalue weighted by Crippen LogP contribution is -2.11. The molecule has 0 unspecified atom stereocenters. The van der Waals surface area contributed by atoms with Gasteiger partial charge in [0.05, 0.1) is 50.2 Å². The zero-order valence-electron chi connectivity index (χ0n) is 35.4. The number of nitrogens with zero attached hydrogens (tertiary/aromatic N) is 4. The van der Waals surface area contributed by atoms with Crippen molar-refractivity contribution in [3.05, 3.63) is 218 Å². The summed E-state index contributed by atoms with van der Waals surface area (Å²) in [4.78, 5) is 9.51. The molecule has 13 rings (SSSR count).